The lowest BCUT2D eigenvalue weighted by atomic mass is 9.97. The largest absolute Gasteiger partial charge is 0.355 e. The van der Waals surface area contributed by atoms with Crippen molar-refractivity contribution in [1.82, 2.24) is 10.2 Å². The van der Waals surface area contributed by atoms with Crippen LogP contribution in [0.5, 0.6) is 0 Å². The molecule has 4 nitrogen and oxygen atoms in total. The van der Waals surface area contributed by atoms with Gasteiger partial charge in [0.2, 0.25) is 5.91 Å². The fourth-order valence-electron chi connectivity index (χ4n) is 2.67. The van der Waals surface area contributed by atoms with Crippen LogP contribution in [0.25, 0.3) is 0 Å². The molecule has 0 aliphatic carbocycles. The van der Waals surface area contributed by atoms with Crippen molar-refractivity contribution in [3.8, 4) is 6.07 Å². The van der Waals surface area contributed by atoms with E-state index in [0.717, 1.165) is 51.7 Å². The van der Waals surface area contributed by atoms with Crippen LogP contribution in [0.1, 0.15) is 32.1 Å². The van der Waals surface area contributed by atoms with Crippen molar-refractivity contribution in [3.63, 3.8) is 0 Å². The van der Waals surface area contributed by atoms with E-state index in [2.05, 4.69) is 16.3 Å². The van der Waals surface area contributed by atoms with Gasteiger partial charge < -0.3 is 5.32 Å². The monoisotopic (exact) mass is 221 g/mol. The van der Waals surface area contributed by atoms with Gasteiger partial charge in [-0.3, -0.25) is 9.69 Å². The Balaban J connectivity index is 1.99. The average molecular weight is 221 g/mol. The van der Waals surface area contributed by atoms with Crippen molar-refractivity contribution in [2.45, 2.75) is 38.1 Å². The Bertz CT molecular complexity index is 297. The number of amides is 1. The Morgan fingerprint density at radius 3 is 3.00 bits per heavy atom. The molecule has 0 bridgehead atoms. The molecule has 1 amide bonds. The number of hydrogen-bond acceptors (Lipinski definition) is 3. The van der Waals surface area contributed by atoms with E-state index in [1.54, 1.807) is 0 Å². The molecule has 0 aromatic heterocycles. The second-order valence-electron chi connectivity index (χ2n) is 4.77. The summed E-state index contributed by atoms with van der Waals surface area (Å²) in [5, 5.41) is 11.9. The number of nitrogens with one attached hydrogen (secondary N) is 1. The van der Waals surface area contributed by atoms with Crippen molar-refractivity contribution < 1.29 is 4.79 Å². The van der Waals surface area contributed by atoms with Gasteiger partial charge in [-0.2, -0.15) is 5.26 Å². The summed E-state index contributed by atoms with van der Waals surface area (Å²) in [4.78, 5) is 14.1. The number of carbonyl (C=O) groups is 1. The van der Waals surface area contributed by atoms with E-state index in [1.165, 1.54) is 0 Å². The number of nitrogens with zero attached hydrogens (tertiary/aromatic N) is 2. The highest BCUT2D eigenvalue weighted by Crippen LogP contribution is 2.21. The second-order valence-corrected chi connectivity index (χ2v) is 4.77. The first-order valence-electron chi connectivity index (χ1n) is 6.22. The Kier molecular flexibility index (Phi) is 3.79. The summed E-state index contributed by atoms with van der Waals surface area (Å²) >= 11 is 0. The van der Waals surface area contributed by atoms with Crippen LogP contribution < -0.4 is 5.32 Å². The summed E-state index contributed by atoms with van der Waals surface area (Å²) in [6, 6.07) is 2.34. The lowest BCUT2D eigenvalue weighted by Gasteiger charge is -2.34. The van der Waals surface area contributed by atoms with Crippen molar-refractivity contribution in [2.75, 3.05) is 19.6 Å². The molecule has 2 unspecified atom stereocenters. The van der Waals surface area contributed by atoms with E-state index in [-0.39, 0.29) is 17.9 Å². The zero-order chi connectivity index (χ0) is 11.4. The van der Waals surface area contributed by atoms with Crippen molar-refractivity contribution in [3.05, 3.63) is 0 Å². The Morgan fingerprint density at radius 1 is 1.31 bits per heavy atom. The minimum Gasteiger partial charge on any atom is -0.355 e. The van der Waals surface area contributed by atoms with E-state index in [4.69, 9.17) is 5.26 Å². The normalized spacial score (nSPS) is 32.6. The van der Waals surface area contributed by atoms with E-state index in [0.29, 0.717) is 0 Å². The topological polar surface area (TPSA) is 56.1 Å². The maximum absolute atomic E-state index is 11.9. The molecule has 0 saturated carbocycles. The molecule has 0 radical (unpaired) electrons. The summed E-state index contributed by atoms with van der Waals surface area (Å²) in [6.45, 7) is 2.55. The van der Waals surface area contributed by atoms with Gasteiger partial charge in [0.1, 0.15) is 0 Å². The summed E-state index contributed by atoms with van der Waals surface area (Å²) < 4.78 is 0. The number of piperidine rings is 1. The number of nitriles is 1. The van der Waals surface area contributed by atoms with Crippen molar-refractivity contribution in [2.24, 2.45) is 5.92 Å². The maximum atomic E-state index is 11.9. The number of hydrogen-bond donors (Lipinski definition) is 1. The smallest absolute Gasteiger partial charge is 0.237 e. The second kappa shape index (κ2) is 5.31. The lowest BCUT2D eigenvalue weighted by Crippen LogP contribution is -2.49. The molecule has 16 heavy (non-hydrogen) atoms. The molecule has 2 atom stereocenters. The number of rotatable bonds is 1. The summed E-state index contributed by atoms with van der Waals surface area (Å²) in [5.41, 5.74) is 0. The SMILES string of the molecule is N#CC1CCCN(C2CCCCNC2=O)C1. The van der Waals surface area contributed by atoms with E-state index in [1.807, 2.05) is 0 Å². The summed E-state index contributed by atoms with van der Waals surface area (Å²) in [6.07, 6.45) is 5.17. The third-order valence-corrected chi connectivity index (χ3v) is 3.58. The van der Waals surface area contributed by atoms with Crippen LogP contribution in [0.3, 0.4) is 0 Å². The van der Waals surface area contributed by atoms with Gasteiger partial charge in [-0.05, 0) is 38.6 Å². The molecule has 2 fully saturated rings. The van der Waals surface area contributed by atoms with E-state index < -0.39 is 0 Å². The van der Waals surface area contributed by atoms with Gasteiger partial charge in [-0.25, -0.2) is 0 Å². The molecule has 4 heteroatoms. The fourth-order valence-corrected chi connectivity index (χ4v) is 2.67. The standard InChI is InChI=1S/C12H19N3O/c13-8-10-4-3-7-15(9-10)11-5-1-2-6-14-12(11)16/h10-11H,1-7,9H2,(H,14,16). The third kappa shape index (κ3) is 2.53. The highest BCUT2D eigenvalue weighted by Gasteiger charge is 2.30. The first kappa shape index (κ1) is 11.4. The number of likely N-dealkylation sites (tertiary alicyclic amines) is 1. The van der Waals surface area contributed by atoms with Crippen LogP contribution in [0.15, 0.2) is 0 Å². The van der Waals surface area contributed by atoms with Crippen molar-refractivity contribution >= 4 is 5.91 Å². The quantitative estimate of drug-likeness (QED) is 0.715. The van der Waals surface area contributed by atoms with E-state index >= 15 is 0 Å². The van der Waals surface area contributed by atoms with Crippen LogP contribution >= 0.6 is 0 Å². The molecule has 0 spiro atoms. The van der Waals surface area contributed by atoms with Gasteiger partial charge in [0.15, 0.2) is 0 Å². The van der Waals surface area contributed by atoms with Gasteiger partial charge in [-0.1, -0.05) is 0 Å². The van der Waals surface area contributed by atoms with Gasteiger partial charge >= 0.3 is 0 Å². The number of carbonyl (C=O) groups excluding carboxylic acids is 1. The molecule has 2 aliphatic rings. The molecule has 2 heterocycles. The third-order valence-electron chi connectivity index (χ3n) is 3.58. The van der Waals surface area contributed by atoms with Crippen molar-refractivity contribution in [1.29, 1.82) is 5.26 Å². The molecule has 2 aliphatic heterocycles. The maximum Gasteiger partial charge on any atom is 0.237 e. The Labute approximate surface area is 96.6 Å². The zero-order valence-electron chi connectivity index (χ0n) is 9.61. The summed E-state index contributed by atoms with van der Waals surface area (Å²) in [5.74, 6) is 0.279. The zero-order valence-corrected chi connectivity index (χ0v) is 9.61. The lowest BCUT2D eigenvalue weighted by molar-refractivity contribution is -0.126. The molecule has 2 rings (SSSR count). The molecule has 1 N–H and O–H groups in total. The van der Waals surface area contributed by atoms with Crippen LogP contribution in [0.2, 0.25) is 0 Å². The molecule has 0 aromatic rings. The summed E-state index contributed by atoms with van der Waals surface area (Å²) in [7, 11) is 0. The molecule has 2 saturated heterocycles. The first-order chi connectivity index (χ1) is 7.81. The van der Waals surface area contributed by atoms with E-state index in [9.17, 15) is 4.79 Å². The Hall–Kier alpha value is -1.08. The van der Waals surface area contributed by atoms with Gasteiger partial charge in [0.25, 0.3) is 0 Å². The highest BCUT2D eigenvalue weighted by molar-refractivity contribution is 5.81. The fraction of sp³-hybridized carbons (Fsp3) is 0.833. The molecular formula is C12H19N3O. The molecular weight excluding hydrogens is 202 g/mol. The van der Waals surface area contributed by atoms with Gasteiger partial charge in [0.05, 0.1) is 18.0 Å². The van der Waals surface area contributed by atoms with Gasteiger partial charge in [-0.15, -0.1) is 0 Å². The highest BCUT2D eigenvalue weighted by atomic mass is 16.2. The minimum atomic E-state index is 0.0126. The predicted molar refractivity (Wildman–Crippen MR) is 60.6 cm³/mol. The van der Waals surface area contributed by atoms with Crippen LogP contribution in [-0.2, 0) is 4.79 Å². The van der Waals surface area contributed by atoms with Crippen LogP contribution in [0.4, 0.5) is 0 Å². The molecule has 0 aromatic carbocycles. The minimum absolute atomic E-state index is 0.0126. The van der Waals surface area contributed by atoms with Crippen LogP contribution in [0, 0.1) is 17.2 Å². The molecule has 88 valence electrons. The average Bonchev–Trinajstić information content (AvgIpc) is 2.54. The van der Waals surface area contributed by atoms with Crippen LogP contribution in [-0.4, -0.2) is 36.5 Å². The Morgan fingerprint density at radius 2 is 2.19 bits per heavy atom. The van der Waals surface area contributed by atoms with Gasteiger partial charge in [0, 0.05) is 13.1 Å². The first-order valence-corrected chi connectivity index (χ1v) is 6.22. The predicted octanol–water partition coefficient (Wildman–Crippen LogP) is 0.891.